The molecule has 4 rings (SSSR count). The van der Waals surface area contributed by atoms with E-state index in [1.54, 1.807) is 0 Å². The van der Waals surface area contributed by atoms with Gasteiger partial charge in [0.15, 0.2) is 10.8 Å². The van der Waals surface area contributed by atoms with E-state index in [0.29, 0.717) is 16.5 Å². The molecule has 0 saturated carbocycles. The number of aliphatic carboxylic acids is 1. The Balaban J connectivity index is 1.48. The minimum atomic E-state index is -1.27. The molecule has 6 N–H and O–H groups in total. The second kappa shape index (κ2) is 11.9. The van der Waals surface area contributed by atoms with E-state index in [1.807, 2.05) is 0 Å². The number of β-lactam (4-membered cyclic amide) rings is 1. The Morgan fingerprint density at radius 3 is 2.84 bits per heavy atom. The van der Waals surface area contributed by atoms with Crippen LogP contribution in [-0.4, -0.2) is 112 Å². The smallest absolute Gasteiger partial charge is 0.352 e. The van der Waals surface area contributed by atoms with Gasteiger partial charge in [-0.15, -0.1) is 28.2 Å². The fourth-order valence-electron chi connectivity index (χ4n) is 3.44. The molecule has 2 atom stereocenters. The maximum atomic E-state index is 13.0. The quantitative estimate of drug-likeness (QED) is 0.0607. The molecular weight excluding hydrogens is 550 g/mol. The van der Waals surface area contributed by atoms with Gasteiger partial charge in [-0.05, 0) is 16.0 Å². The molecule has 1 saturated heterocycles. The highest BCUT2D eigenvalue weighted by atomic mass is 32.2. The number of thiazole rings is 1. The first-order valence-electron chi connectivity index (χ1n) is 10.6. The largest absolute Gasteiger partial charge is 0.477 e. The average Bonchev–Trinajstić information content (AvgIpc) is 3.51. The summed E-state index contributed by atoms with van der Waals surface area (Å²) < 4.78 is 1.39. The number of nitrogen functional groups attached to an aromatic ring is 1. The SMILES string of the molecule is Nc1nc(/C(=N/OCCO)C(=O)NC2C(=O)N3C(C(=O)O)=C(CSc4nnnn4CCO)CS[C@H]23)cs1. The molecule has 37 heavy (non-hydrogen) atoms. The van der Waals surface area contributed by atoms with E-state index in [-0.39, 0.29) is 54.4 Å². The number of oxime groups is 1. The molecular formula is C18H21N9O7S3. The van der Waals surface area contributed by atoms with Crippen LogP contribution in [0.2, 0.25) is 0 Å². The van der Waals surface area contributed by atoms with Crippen LogP contribution in [0.15, 0.2) is 27.0 Å². The average molecular weight is 572 g/mol. The summed E-state index contributed by atoms with van der Waals surface area (Å²) in [7, 11) is 0. The number of hydrogen-bond donors (Lipinski definition) is 5. The van der Waals surface area contributed by atoms with E-state index >= 15 is 0 Å². The van der Waals surface area contributed by atoms with Gasteiger partial charge in [-0.1, -0.05) is 16.9 Å². The van der Waals surface area contributed by atoms with Crippen molar-refractivity contribution in [1.29, 1.82) is 0 Å². The summed E-state index contributed by atoms with van der Waals surface area (Å²) in [4.78, 5) is 48.1. The molecule has 0 bridgehead atoms. The lowest BCUT2D eigenvalue weighted by atomic mass is 10.0. The summed E-state index contributed by atoms with van der Waals surface area (Å²) in [6.07, 6.45) is 0. The highest BCUT2D eigenvalue weighted by Crippen LogP contribution is 2.41. The van der Waals surface area contributed by atoms with Crippen molar-refractivity contribution in [3.63, 3.8) is 0 Å². The molecule has 2 aliphatic rings. The number of carbonyl (C=O) groups is 3. The predicted molar refractivity (Wildman–Crippen MR) is 131 cm³/mol. The first-order chi connectivity index (χ1) is 17.8. The van der Waals surface area contributed by atoms with Gasteiger partial charge in [-0.2, -0.15) is 0 Å². The van der Waals surface area contributed by atoms with Crippen LogP contribution >= 0.6 is 34.9 Å². The predicted octanol–water partition coefficient (Wildman–Crippen LogP) is -2.05. The van der Waals surface area contributed by atoms with Gasteiger partial charge in [0.05, 0.1) is 19.8 Å². The maximum Gasteiger partial charge on any atom is 0.352 e. The molecule has 19 heteroatoms. The van der Waals surface area contributed by atoms with E-state index in [0.717, 1.165) is 16.2 Å². The molecule has 198 valence electrons. The lowest BCUT2D eigenvalue weighted by Crippen LogP contribution is -2.71. The molecule has 2 aliphatic heterocycles. The number of nitrogens with one attached hydrogen (secondary N) is 1. The standard InChI is InChI=1S/C18H21N9O7S3/c19-17-20-9(7-36-17)10(23-34-4-3-29)13(30)21-11-14(31)27-12(16(32)33)8(5-35-15(11)27)6-37-18-22-24-25-26(18)1-2-28/h7,11,15,28-29H,1-6H2,(H2,19,20)(H,21,30)(H,32,33)/b23-10-/t11?,15-/m1/s1. The number of aliphatic hydroxyl groups is 2. The van der Waals surface area contributed by atoms with Crippen molar-refractivity contribution in [2.24, 2.45) is 5.16 Å². The van der Waals surface area contributed by atoms with Crippen LogP contribution in [0.1, 0.15) is 5.69 Å². The number of carboxylic acid groups (broad SMARTS) is 1. The number of nitrogens with two attached hydrogens (primary N) is 1. The topological polar surface area (TPSA) is 231 Å². The molecule has 16 nitrogen and oxygen atoms in total. The molecule has 2 amide bonds. The Morgan fingerprint density at radius 2 is 2.16 bits per heavy atom. The Bertz CT molecular complexity index is 1250. The highest BCUT2D eigenvalue weighted by molar-refractivity contribution is 8.01. The number of nitrogens with zero attached hydrogens (tertiary/aromatic N) is 7. The third kappa shape index (κ3) is 5.69. The number of anilines is 1. The van der Waals surface area contributed by atoms with Crippen molar-refractivity contribution in [2.45, 2.75) is 23.1 Å². The normalized spacial score (nSPS) is 19.5. The molecule has 0 aromatic carbocycles. The van der Waals surface area contributed by atoms with Crippen molar-refractivity contribution in [2.75, 3.05) is 37.1 Å². The zero-order valence-electron chi connectivity index (χ0n) is 18.9. The zero-order chi connectivity index (χ0) is 26.5. The fraction of sp³-hybridized carbons (Fsp3) is 0.444. The fourth-order valence-corrected chi connectivity index (χ4v) is 6.38. The second-order valence-electron chi connectivity index (χ2n) is 7.38. The number of fused-ring (bicyclic) bond motifs is 1. The van der Waals surface area contributed by atoms with E-state index in [4.69, 9.17) is 20.8 Å². The zero-order valence-corrected chi connectivity index (χ0v) is 21.3. The van der Waals surface area contributed by atoms with Crippen LogP contribution in [0.5, 0.6) is 0 Å². The van der Waals surface area contributed by atoms with Crippen LogP contribution in [0.3, 0.4) is 0 Å². The van der Waals surface area contributed by atoms with Gasteiger partial charge < -0.3 is 31.2 Å². The molecule has 0 spiro atoms. The first kappa shape index (κ1) is 26.8. The van der Waals surface area contributed by atoms with Crippen molar-refractivity contribution in [1.82, 2.24) is 35.4 Å². The number of amides is 2. The summed E-state index contributed by atoms with van der Waals surface area (Å²) in [6, 6.07) is -1.00. The lowest BCUT2D eigenvalue weighted by Gasteiger charge is -2.49. The van der Waals surface area contributed by atoms with Crippen LogP contribution < -0.4 is 11.1 Å². The number of tetrazole rings is 1. The summed E-state index contributed by atoms with van der Waals surface area (Å²) in [6.45, 7) is -0.462. The molecule has 4 heterocycles. The van der Waals surface area contributed by atoms with Gasteiger partial charge >= 0.3 is 5.97 Å². The summed E-state index contributed by atoms with van der Waals surface area (Å²) in [5, 5.41) is 46.8. The second-order valence-corrected chi connectivity index (χ2v) is 10.3. The molecule has 1 unspecified atom stereocenters. The number of aliphatic hydroxyl groups excluding tert-OH is 2. The minimum Gasteiger partial charge on any atom is -0.477 e. The number of thioether (sulfide) groups is 2. The monoisotopic (exact) mass is 571 g/mol. The Kier molecular flexibility index (Phi) is 8.59. The number of rotatable bonds is 12. The van der Waals surface area contributed by atoms with Crippen LogP contribution in [0.25, 0.3) is 0 Å². The van der Waals surface area contributed by atoms with Gasteiger partial charge in [0.2, 0.25) is 5.16 Å². The first-order valence-corrected chi connectivity index (χ1v) is 13.5. The summed E-state index contributed by atoms with van der Waals surface area (Å²) in [5.41, 5.74) is 5.88. The third-order valence-corrected chi connectivity index (χ3v) is 8.10. The molecule has 2 aromatic rings. The molecule has 1 fully saturated rings. The van der Waals surface area contributed by atoms with E-state index in [1.165, 1.54) is 33.6 Å². The van der Waals surface area contributed by atoms with Crippen LogP contribution in [0, 0.1) is 0 Å². The van der Waals surface area contributed by atoms with Crippen molar-refractivity contribution < 1.29 is 34.5 Å². The highest BCUT2D eigenvalue weighted by Gasteiger charge is 2.54. The van der Waals surface area contributed by atoms with E-state index in [9.17, 15) is 19.5 Å². The minimum absolute atomic E-state index is 0.131. The Morgan fingerprint density at radius 1 is 1.35 bits per heavy atom. The maximum absolute atomic E-state index is 13.0. The molecule has 0 aliphatic carbocycles. The van der Waals surface area contributed by atoms with Gasteiger partial charge in [0.1, 0.15) is 29.4 Å². The van der Waals surface area contributed by atoms with Gasteiger partial charge in [0.25, 0.3) is 11.8 Å². The number of carbonyl (C=O) groups excluding carboxylic acids is 2. The number of carboxylic acids is 1. The number of aromatic nitrogens is 5. The number of hydrogen-bond acceptors (Lipinski definition) is 15. The van der Waals surface area contributed by atoms with Crippen molar-refractivity contribution in [3.8, 4) is 0 Å². The summed E-state index contributed by atoms with van der Waals surface area (Å²) in [5.74, 6) is -2.13. The molecule has 2 aromatic heterocycles. The van der Waals surface area contributed by atoms with Gasteiger partial charge in [-0.25, -0.2) is 14.5 Å². The Hall–Kier alpha value is -3.26. The van der Waals surface area contributed by atoms with Crippen LogP contribution in [-0.2, 0) is 25.8 Å². The van der Waals surface area contributed by atoms with Crippen molar-refractivity contribution in [3.05, 3.63) is 22.3 Å². The summed E-state index contributed by atoms with van der Waals surface area (Å²) >= 11 is 3.56. The van der Waals surface area contributed by atoms with E-state index in [2.05, 4.69) is 31.0 Å². The van der Waals surface area contributed by atoms with Gasteiger partial charge in [0, 0.05) is 16.9 Å². The van der Waals surface area contributed by atoms with Crippen LogP contribution in [0.4, 0.5) is 5.13 Å². The Labute approximate surface area is 220 Å². The lowest BCUT2D eigenvalue weighted by molar-refractivity contribution is -0.150. The van der Waals surface area contributed by atoms with E-state index < -0.39 is 29.2 Å². The van der Waals surface area contributed by atoms with Gasteiger partial charge in [-0.3, -0.25) is 14.5 Å². The molecule has 0 radical (unpaired) electrons. The third-order valence-electron chi connectivity index (χ3n) is 5.04. The van der Waals surface area contributed by atoms with Crippen molar-refractivity contribution >= 4 is 63.5 Å².